The molecule has 0 bridgehead atoms. The maximum absolute atomic E-state index is 12.5. The van der Waals surface area contributed by atoms with Gasteiger partial charge in [0.25, 0.3) is 0 Å². The number of carboxylic acids is 1. The smallest absolute Gasteiger partial charge is 0.410 e. The van der Waals surface area contributed by atoms with Crippen molar-refractivity contribution in [3.05, 3.63) is 65.7 Å². The van der Waals surface area contributed by atoms with Crippen molar-refractivity contribution in [3.8, 4) is 5.75 Å². The van der Waals surface area contributed by atoms with Crippen LogP contribution in [0.3, 0.4) is 0 Å². The highest BCUT2D eigenvalue weighted by molar-refractivity contribution is 5.72. The van der Waals surface area contributed by atoms with Crippen LogP contribution in [0.25, 0.3) is 0 Å². The molecule has 2 rings (SSSR count). The predicted molar refractivity (Wildman–Crippen MR) is 127 cm³/mol. The van der Waals surface area contributed by atoms with Gasteiger partial charge in [0.05, 0.1) is 12.6 Å². The molecule has 1 unspecified atom stereocenters. The molecule has 0 heterocycles. The average Bonchev–Trinajstić information content (AvgIpc) is 2.79. The largest absolute Gasteiger partial charge is 0.492 e. The van der Waals surface area contributed by atoms with Crippen LogP contribution in [0, 0.1) is 0 Å². The lowest BCUT2D eigenvalue weighted by molar-refractivity contribution is -0.149. The summed E-state index contributed by atoms with van der Waals surface area (Å²) in [5.74, 6) is -0.318. The molecular formula is C26H35NO6. The third-order valence-corrected chi connectivity index (χ3v) is 4.95. The number of aliphatic carboxylic acids is 1. The van der Waals surface area contributed by atoms with Crippen molar-refractivity contribution in [2.45, 2.75) is 52.2 Å². The first-order valence-electron chi connectivity index (χ1n) is 11.4. The second-order valence-electron chi connectivity index (χ2n) is 7.99. The number of carboxylic acid groups (broad SMARTS) is 1. The summed E-state index contributed by atoms with van der Waals surface area (Å²) in [6.45, 7) is 7.10. The molecule has 180 valence electrons. The maximum atomic E-state index is 12.5. The van der Waals surface area contributed by atoms with E-state index in [0.717, 1.165) is 18.4 Å². The number of carbonyl (C=O) groups is 2. The van der Waals surface area contributed by atoms with Gasteiger partial charge in [0.15, 0.2) is 6.10 Å². The van der Waals surface area contributed by atoms with Crippen molar-refractivity contribution in [1.82, 2.24) is 4.90 Å². The van der Waals surface area contributed by atoms with Gasteiger partial charge in [-0.2, -0.15) is 0 Å². The fourth-order valence-corrected chi connectivity index (χ4v) is 3.32. The van der Waals surface area contributed by atoms with Gasteiger partial charge in [0, 0.05) is 19.6 Å². The molecule has 0 aliphatic rings. The van der Waals surface area contributed by atoms with Crippen LogP contribution in [0.15, 0.2) is 54.6 Å². The first kappa shape index (κ1) is 26.2. The van der Waals surface area contributed by atoms with Crippen LogP contribution in [0.4, 0.5) is 4.79 Å². The van der Waals surface area contributed by atoms with Crippen LogP contribution in [0.2, 0.25) is 0 Å². The molecule has 33 heavy (non-hydrogen) atoms. The van der Waals surface area contributed by atoms with Crippen LogP contribution in [0.5, 0.6) is 5.75 Å². The summed E-state index contributed by atoms with van der Waals surface area (Å²) in [6.07, 6.45) is 0.615. The summed E-state index contributed by atoms with van der Waals surface area (Å²) >= 11 is 0. The van der Waals surface area contributed by atoms with Crippen LogP contribution >= 0.6 is 0 Å². The summed E-state index contributed by atoms with van der Waals surface area (Å²) in [5.41, 5.74) is 2.09. The van der Waals surface area contributed by atoms with E-state index in [1.54, 1.807) is 24.0 Å². The Labute approximate surface area is 196 Å². The van der Waals surface area contributed by atoms with E-state index >= 15 is 0 Å². The molecule has 0 aliphatic carbocycles. The third-order valence-electron chi connectivity index (χ3n) is 4.95. The summed E-state index contributed by atoms with van der Waals surface area (Å²) in [6, 6.07) is 17.4. The molecule has 0 fully saturated rings. The fraction of sp³-hybridized carbons (Fsp3) is 0.462. The second kappa shape index (κ2) is 14.2. The minimum atomic E-state index is -0.974. The molecule has 1 N–H and O–H groups in total. The Morgan fingerprint density at radius 3 is 2.27 bits per heavy atom. The molecule has 1 atom stereocenters. The highest BCUT2D eigenvalue weighted by Gasteiger charge is 2.18. The molecular weight excluding hydrogens is 422 g/mol. The van der Waals surface area contributed by atoms with E-state index in [4.69, 9.17) is 14.2 Å². The van der Waals surface area contributed by atoms with E-state index in [1.807, 2.05) is 44.2 Å². The maximum Gasteiger partial charge on any atom is 0.410 e. The molecule has 0 radical (unpaired) electrons. The standard InChI is InChI=1S/C26H35NO6/c1-4-31-24(25(28)29)19-22-12-14-23(15-13-22)32-18-17-27(26(30)33-20(2)3)16-8-11-21-9-6-5-7-10-21/h5-7,9-10,12-15,20,24H,4,8,11,16-19H2,1-3H3,(H,28,29). The Hall–Kier alpha value is -3.06. The van der Waals surface area contributed by atoms with Crippen LogP contribution in [0.1, 0.15) is 38.3 Å². The minimum absolute atomic E-state index is 0.186. The van der Waals surface area contributed by atoms with E-state index in [9.17, 15) is 14.7 Å². The van der Waals surface area contributed by atoms with E-state index < -0.39 is 12.1 Å². The number of carbonyl (C=O) groups excluding carboxylic acids is 1. The molecule has 0 saturated heterocycles. The van der Waals surface area contributed by atoms with Crippen molar-refractivity contribution in [1.29, 1.82) is 0 Å². The van der Waals surface area contributed by atoms with Gasteiger partial charge < -0.3 is 24.2 Å². The fourth-order valence-electron chi connectivity index (χ4n) is 3.32. The Morgan fingerprint density at radius 1 is 0.970 bits per heavy atom. The number of nitrogens with zero attached hydrogens (tertiary/aromatic N) is 1. The number of ether oxygens (including phenoxy) is 3. The van der Waals surface area contributed by atoms with Gasteiger partial charge in [0.2, 0.25) is 0 Å². The number of hydrogen-bond donors (Lipinski definition) is 1. The Kier molecular flexibility index (Phi) is 11.2. The molecule has 7 nitrogen and oxygen atoms in total. The Bertz CT molecular complexity index is 838. The van der Waals surface area contributed by atoms with Crippen LogP contribution in [-0.2, 0) is 27.1 Å². The van der Waals surface area contributed by atoms with Crippen molar-refractivity contribution in [2.24, 2.45) is 0 Å². The molecule has 0 spiro atoms. The van der Waals surface area contributed by atoms with E-state index in [-0.39, 0.29) is 12.2 Å². The average molecular weight is 458 g/mol. The van der Waals surface area contributed by atoms with E-state index in [0.29, 0.717) is 38.5 Å². The zero-order valence-electron chi connectivity index (χ0n) is 19.7. The van der Waals surface area contributed by atoms with Gasteiger partial charge in [-0.25, -0.2) is 9.59 Å². The van der Waals surface area contributed by atoms with Crippen molar-refractivity contribution >= 4 is 12.1 Å². The molecule has 2 aromatic rings. The van der Waals surface area contributed by atoms with Gasteiger partial charge in [-0.3, -0.25) is 0 Å². The monoisotopic (exact) mass is 457 g/mol. The molecule has 0 aliphatic heterocycles. The lowest BCUT2D eigenvalue weighted by Gasteiger charge is -2.23. The second-order valence-corrected chi connectivity index (χ2v) is 7.99. The van der Waals surface area contributed by atoms with Gasteiger partial charge in [0.1, 0.15) is 12.4 Å². The lowest BCUT2D eigenvalue weighted by atomic mass is 10.1. The number of aryl methyl sites for hydroxylation is 1. The van der Waals surface area contributed by atoms with Crippen molar-refractivity contribution in [2.75, 3.05) is 26.3 Å². The summed E-state index contributed by atoms with van der Waals surface area (Å²) in [4.78, 5) is 25.4. The van der Waals surface area contributed by atoms with Gasteiger partial charge in [-0.15, -0.1) is 0 Å². The Morgan fingerprint density at radius 2 is 1.67 bits per heavy atom. The molecule has 0 saturated carbocycles. The topological polar surface area (TPSA) is 85.3 Å². The van der Waals surface area contributed by atoms with E-state index in [2.05, 4.69) is 12.1 Å². The SMILES string of the molecule is CCOC(Cc1ccc(OCCN(CCCc2ccccc2)C(=O)OC(C)C)cc1)C(=O)O. The zero-order valence-corrected chi connectivity index (χ0v) is 19.7. The normalized spacial score (nSPS) is 11.8. The van der Waals surface area contributed by atoms with Crippen molar-refractivity contribution < 1.29 is 28.9 Å². The summed E-state index contributed by atoms with van der Waals surface area (Å²) in [5, 5.41) is 9.22. The number of amides is 1. The van der Waals surface area contributed by atoms with E-state index in [1.165, 1.54) is 5.56 Å². The van der Waals surface area contributed by atoms with Gasteiger partial charge >= 0.3 is 12.1 Å². The first-order valence-corrected chi connectivity index (χ1v) is 11.4. The predicted octanol–water partition coefficient (Wildman–Crippen LogP) is 4.58. The quantitative estimate of drug-likeness (QED) is 0.447. The lowest BCUT2D eigenvalue weighted by Crippen LogP contribution is -2.37. The first-order chi connectivity index (χ1) is 15.9. The zero-order chi connectivity index (χ0) is 24.1. The molecule has 0 aromatic heterocycles. The third kappa shape index (κ3) is 9.95. The van der Waals surface area contributed by atoms with Gasteiger partial charge in [-0.1, -0.05) is 42.5 Å². The summed E-state index contributed by atoms with van der Waals surface area (Å²) in [7, 11) is 0. The number of benzene rings is 2. The highest BCUT2D eigenvalue weighted by Crippen LogP contribution is 2.15. The highest BCUT2D eigenvalue weighted by atomic mass is 16.6. The molecule has 2 aromatic carbocycles. The van der Waals surface area contributed by atoms with Crippen LogP contribution in [-0.4, -0.2) is 60.6 Å². The summed E-state index contributed by atoms with van der Waals surface area (Å²) < 4.78 is 16.5. The van der Waals surface area contributed by atoms with Gasteiger partial charge in [-0.05, 0) is 56.9 Å². The van der Waals surface area contributed by atoms with Crippen molar-refractivity contribution in [3.63, 3.8) is 0 Å². The number of hydrogen-bond acceptors (Lipinski definition) is 5. The van der Waals surface area contributed by atoms with Crippen LogP contribution < -0.4 is 4.74 Å². The minimum Gasteiger partial charge on any atom is -0.492 e. The Balaban J connectivity index is 1.85. The molecule has 1 amide bonds. The molecule has 7 heteroatoms. The number of rotatable bonds is 14.